The van der Waals surface area contributed by atoms with Crippen LogP contribution in [0.25, 0.3) is 0 Å². The predicted octanol–water partition coefficient (Wildman–Crippen LogP) is 3.69. The Morgan fingerprint density at radius 1 is 1.30 bits per heavy atom. The minimum Gasteiger partial charge on any atom is -0.343 e. The lowest BCUT2D eigenvalue weighted by atomic mass is 10.0. The quantitative estimate of drug-likeness (QED) is 0.908. The molecule has 2 heterocycles. The number of hydrogen-bond donors (Lipinski definition) is 1. The van der Waals surface area contributed by atoms with Crippen LogP contribution in [0.4, 0.5) is 0 Å². The van der Waals surface area contributed by atoms with Crippen molar-refractivity contribution in [3.05, 3.63) is 58.3 Å². The van der Waals surface area contributed by atoms with Gasteiger partial charge in [-0.2, -0.15) is 0 Å². The molecule has 2 aromatic rings. The van der Waals surface area contributed by atoms with Crippen LogP contribution in [0, 0.1) is 5.92 Å². The number of amides is 1. The van der Waals surface area contributed by atoms with Crippen molar-refractivity contribution in [2.24, 2.45) is 5.92 Å². The van der Waals surface area contributed by atoms with Crippen molar-refractivity contribution in [3.63, 3.8) is 0 Å². The van der Waals surface area contributed by atoms with E-state index in [1.165, 1.54) is 17.7 Å². The van der Waals surface area contributed by atoms with Crippen LogP contribution in [0.3, 0.4) is 0 Å². The van der Waals surface area contributed by atoms with Gasteiger partial charge in [0, 0.05) is 11.4 Å². The van der Waals surface area contributed by atoms with Crippen LogP contribution in [0.1, 0.15) is 36.2 Å². The van der Waals surface area contributed by atoms with Crippen molar-refractivity contribution in [2.45, 2.75) is 25.8 Å². The molecule has 0 aliphatic carbocycles. The molecule has 1 aromatic carbocycles. The Kier molecular flexibility index (Phi) is 5.47. The fourth-order valence-electron chi connectivity index (χ4n) is 3.26. The SMILES string of the molecule is C[C@@H]1CCCN(CC(=O)N[C@@H](c2ccccc2)c2cccs2)C1. The van der Waals surface area contributed by atoms with E-state index in [0.29, 0.717) is 12.5 Å². The minimum atomic E-state index is -0.0501. The number of hydrogen-bond acceptors (Lipinski definition) is 3. The van der Waals surface area contributed by atoms with Gasteiger partial charge in [0.05, 0.1) is 12.6 Å². The van der Waals surface area contributed by atoms with Crippen molar-refractivity contribution in [1.82, 2.24) is 10.2 Å². The molecular weight excluding hydrogens is 304 g/mol. The van der Waals surface area contributed by atoms with Crippen LogP contribution in [-0.2, 0) is 4.79 Å². The lowest BCUT2D eigenvalue weighted by Gasteiger charge is -2.30. The van der Waals surface area contributed by atoms with Gasteiger partial charge in [0.25, 0.3) is 0 Å². The number of piperidine rings is 1. The molecule has 1 aromatic heterocycles. The first-order valence-corrected chi connectivity index (χ1v) is 9.20. The van der Waals surface area contributed by atoms with Gasteiger partial charge in [-0.15, -0.1) is 11.3 Å². The van der Waals surface area contributed by atoms with E-state index in [-0.39, 0.29) is 11.9 Å². The molecule has 0 unspecified atom stereocenters. The van der Waals surface area contributed by atoms with Gasteiger partial charge in [0.15, 0.2) is 0 Å². The molecule has 0 spiro atoms. The summed E-state index contributed by atoms with van der Waals surface area (Å²) in [4.78, 5) is 16.0. The molecule has 0 radical (unpaired) electrons. The molecular formula is C19H24N2OS. The summed E-state index contributed by atoms with van der Waals surface area (Å²) < 4.78 is 0. The highest BCUT2D eigenvalue weighted by Gasteiger charge is 2.22. The number of thiophene rings is 1. The van der Waals surface area contributed by atoms with E-state index in [1.807, 2.05) is 24.3 Å². The highest BCUT2D eigenvalue weighted by atomic mass is 32.1. The smallest absolute Gasteiger partial charge is 0.234 e. The van der Waals surface area contributed by atoms with Crippen LogP contribution in [0.2, 0.25) is 0 Å². The minimum absolute atomic E-state index is 0.0501. The van der Waals surface area contributed by atoms with Crippen LogP contribution in [-0.4, -0.2) is 30.4 Å². The Morgan fingerprint density at radius 2 is 2.13 bits per heavy atom. The Labute approximate surface area is 142 Å². The molecule has 2 atom stereocenters. The van der Waals surface area contributed by atoms with Crippen LogP contribution >= 0.6 is 11.3 Å². The van der Waals surface area contributed by atoms with Crippen molar-refractivity contribution < 1.29 is 4.79 Å². The molecule has 3 rings (SSSR count). The second-order valence-corrected chi connectivity index (χ2v) is 7.39. The number of likely N-dealkylation sites (tertiary alicyclic amines) is 1. The van der Waals surface area contributed by atoms with E-state index in [0.717, 1.165) is 18.7 Å². The molecule has 1 saturated heterocycles. The number of nitrogens with zero attached hydrogens (tertiary/aromatic N) is 1. The van der Waals surface area contributed by atoms with E-state index in [4.69, 9.17) is 0 Å². The third-order valence-electron chi connectivity index (χ3n) is 4.37. The zero-order chi connectivity index (χ0) is 16.1. The number of carbonyl (C=O) groups is 1. The van der Waals surface area contributed by atoms with E-state index in [9.17, 15) is 4.79 Å². The van der Waals surface area contributed by atoms with E-state index in [1.54, 1.807) is 11.3 Å². The highest BCUT2D eigenvalue weighted by molar-refractivity contribution is 7.10. The van der Waals surface area contributed by atoms with Gasteiger partial charge in [0.1, 0.15) is 0 Å². The summed E-state index contributed by atoms with van der Waals surface area (Å²) in [6.07, 6.45) is 2.47. The average Bonchev–Trinajstić information content (AvgIpc) is 3.07. The zero-order valence-electron chi connectivity index (χ0n) is 13.6. The maximum absolute atomic E-state index is 12.5. The first kappa shape index (κ1) is 16.2. The molecule has 4 heteroatoms. The molecule has 1 amide bonds. The standard InChI is InChI=1S/C19H24N2OS/c1-15-7-5-11-21(13-15)14-18(22)20-19(17-10-6-12-23-17)16-8-3-2-4-9-16/h2-4,6,8-10,12,15,19H,5,7,11,13-14H2,1H3,(H,20,22)/t15-,19+/m1/s1. The maximum Gasteiger partial charge on any atom is 0.234 e. The topological polar surface area (TPSA) is 32.3 Å². The summed E-state index contributed by atoms with van der Waals surface area (Å²) in [6.45, 7) is 4.83. The number of carbonyl (C=O) groups excluding carboxylic acids is 1. The van der Waals surface area contributed by atoms with E-state index in [2.05, 4.69) is 40.7 Å². The molecule has 122 valence electrons. The predicted molar refractivity (Wildman–Crippen MR) is 95.6 cm³/mol. The second-order valence-electron chi connectivity index (χ2n) is 6.41. The van der Waals surface area contributed by atoms with Gasteiger partial charge in [-0.25, -0.2) is 0 Å². The first-order valence-electron chi connectivity index (χ1n) is 8.32. The molecule has 23 heavy (non-hydrogen) atoms. The number of rotatable bonds is 5. The Bertz CT molecular complexity index is 612. The number of nitrogens with one attached hydrogen (secondary N) is 1. The third-order valence-corrected chi connectivity index (χ3v) is 5.31. The third kappa shape index (κ3) is 4.43. The van der Waals surface area contributed by atoms with Gasteiger partial charge in [0.2, 0.25) is 5.91 Å². The molecule has 0 saturated carbocycles. The zero-order valence-corrected chi connectivity index (χ0v) is 14.4. The Morgan fingerprint density at radius 3 is 2.83 bits per heavy atom. The maximum atomic E-state index is 12.5. The van der Waals surface area contributed by atoms with Gasteiger partial charge >= 0.3 is 0 Å². The summed E-state index contributed by atoms with van der Waals surface area (Å²) in [7, 11) is 0. The Hall–Kier alpha value is -1.65. The number of benzene rings is 1. The van der Waals surface area contributed by atoms with Gasteiger partial charge < -0.3 is 5.32 Å². The highest BCUT2D eigenvalue weighted by Crippen LogP contribution is 2.26. The molecule has 1 aliphatic heterocycles. The summed E-state index contributed by atoms with van der Waals surface area (Å²) in [5.74, 6) is 0.806. The first-order chi connectivity index (χ1) is 11.2. The largest absolute Gasteiger partial charge is 0.343 e. The molecule has 3 nitrogen and oxygen atoms in total. The van der Waals surface area contributed by atoms with Crippen molar-refractivity contribution in [1.29, 1.82) is 0 Å². The van der Waals surface area contributed by atoms with E-state index < -0.39 is 0 Å². The summed E-state index contributed by atoms with van der Waals surface area (Å²) in [5.41, 5.74) is 1.13. The molecule has 1 fully saturated rings. The molecule has 1 N–H and O–H groups in total. The normalized spacial score (nSPS) is 20.1. The van der Waals surface area contributed by atoms with Gasteiger partial charge in [-0.1, -0.05) is 43.3 Å². The fourth-order valence-corrected chi connectivity index (χ4v) is 4.06. The summed E-state index contributed by atoms with van der Waals surface area (Å²) >= 11 is 1.69. The van der Waals surface area contributed by atoms with Crippen molar-refractivity contribution in [2.75, 3.05) is 19.6 Å². The van der Waals surface area contributed by atoms with Gasteiger partial charge in [-0.3, -0.25) is 9.69 Å². The van der Waals surface area contributed by atoms with Gasteiger partial charge in [-0.05, 0) is 42.3 Å². The van der Waals surface area contributed by atoms with Crippen LogP contribution < -0.4 is 5.32 Å². The lowest BCUT2D eigenvalue weighted by Crippen LogP contribution is -2.43. The van der Waals surface area contributed by atoms with Crippen molar-refractivity contribution in [3.8, 4) is 0 Å². The lowest BCUT2D eigenvalue weighted by molar-refractivity contribution is -0.123. The van der Waals surface area contributed by atoms with Crippen molar-refractivity contribution >= 4 is 17.2 Å². The van der Waals surface area contributed by atoms with Crippen LogP contribution in [0.5, 0.6) is 0 Å². The summed E-state index contributed by atoms with van der Waals surface area (Å²) in [5, 5.41) is 5.29. The molecule has 1 aliphatic rings. The van der Waals surface area contributed by atoms with E-state index >= 15 is 0 Å². The average molecular weight is 328 g/mol. The Balaban J connectivity index is 1.68. The fraction of sp³-hybridized carbons (Fsp3) is 0.421. The monoisotopic (exact) mass is 328 g/mol. The molecule has 0 bridgehead atoms. The summed E-state index contributed by atoms with van der Waals surface area (Å²) in [6, 6.07) is 14.3. The second kappa shape index (κ2) is 7.75. The van der Waals surface area contributed by atoms with Crippen LogP contribution in [0.15, 0.2) is 47.8 Å².